The van der Waals surface area contributed by atoms with E-state index < -0.39 is 0 Å². The van der Waals surface area contributed by atoms with Gasteiger partial charge in [0.15, 0.2) is 0 Å². The Morgan fingerprint density at radius 1 is 1.29 bits per heavy atom. The highest BCUT2D eigenvalue weighted by atomic mass is 16.1. The summed E-state index contributed by atoms with van der Waals surface area (Å²) >= 11 is 0. The molecular weight excluding hydrogens is 262 g/mol. The van der Waals surface area contributed by atoms with Crippen LogP contribution >= 0.6 is 0 Å². The van der Waals surface area contributed by atoms with E-state index in [1.165, 1.54) is 5.56 Å². The Kier molecular flexibility index (Phi) is 8.13. The zero-order valence-electron chi connectivity index (χ0n) is 14.0. The van der Waals surface area contributed by atoms with Crippen molar-refractivity contribution in [1.29, 1.82) is 0 Å². The van der Waals surface area contributed by atoms with E-state index >= 15 is 0 Å². The molecule has 0 fully saturated rings. The van der Waals surface area contributed by atoms with E-state index in [2.05, 4.69) is 50.6 Å². The number of hydrogen-bond donors (Lipinski definition) is 2. The van der Waals surface area contributed by atoms with Gasteiger partial charge >= 0.3 is 0 Å². The van der Waals surface area contributed by atoms with Gasteiger partial charge in [0.2, 0.25) is 5.91 Å². The number of hydrogen-bond acceptors (Lipinski definition) is 2. The minimum atomic E-state index is 0.0902. The zero-order valence-corrected chi connectivity index (χ0v) is 14.0. The predicted molar refractivity (Wildman–Crippen MR) is 88.2 cm³/mol. The van der Waals surface area contributed by atoms with Crippen LogP contribution in [-0.4, -0.2) is 23.6 Å². The van der Waals surface area contributed by atoms with Gasteiger partial charge in [-0.25, -0.2) is 0 Å². The quantitative estimate of drug-likeness (QED) is 0.696. The van der Waals surface area contributed by atoms with Crippen LogP contribution in [0.15, 0.2) is 18.5 Å². The first-order chi connectivity index (χ1) is 10.1. The molecule has 1 unspecified atom stereocenters. The van der Waals surface area contributed by atoms with Gasteiger partial charge in [0.05, 0.1) is 0 Å². The topological polar surface area (TPSA) is 46.1 Å². The van der Waals surface area contributed by atoms with Gasteiger partial charge in [0.1, 0.15) is 6.54 Å². The minimum absolute atomic E-state index is 0.0902. The van der Waals surface area contributed by atoms with Crippen LogP contribution in [-0.2, 0) is 11.3 Å². The second kappa shape index (κ2) is 9.61. The van der Waals surface area contributed by atoms with Crippen LogP contribution in [0, 0.1) is 5.92 Å². The fourth-order valence-corrected chi connectivity index (χ4v) is 2.30. The van der Waals surface area contributed by atoms with Crippen molar-refractivity contribution in [1.82, 2.24) is 15.2 Å². The lowest BCUT2D eigenvalue weighted by Crippen LogP contribution is -2.28. The van der Waals surface area contributed by atoms with Gasteiger partial charge in [-0.05, 0) is 43.4 Å². The average Bonchev–Trinajstić information content (AvgIpc) is 2.87. The van der Waals surface area contributed by atoms with Crippen LogP contribution in [0.25, 0.3) is 0 Å². The van der Waals surface area contributed by atoms with E-state index in [9.17, 15) is 4.79 Å². The minimum Gasteiger partial charge on any atom is -0.355 e. The molecule has 0 saturated heterocycles. The summed E-state index contributed by atoms with van der Waals surface area (Å²) in [6, 6.07) is 2.49. The average molecular weight is 293 g/mol. The van der Waals surface area contributed by atoms with Crippen LogP contribution in [0.5, 0.6) is 0 Å². The number of carbonyl (C=O) groups excluding carboxylic acids is 1. The number of aromatic nitrogens is 1. The molecule has 21 heavy (non-hydrogen) atoms. The van der Waals surface area contributed by atoms with E-state index in [1.807, 2.05) is 10.8 Å². The molecule has 0 radical (unpaired) electrons. The third-order valence-corrected chi connectivity index (χ3v) is 3.59. The molecule has 0 aliphatic carbocycles. The summed E-state index contributed by atoms with van der Waals surface area (Å²) in [4.78, 5) is 11.9. The Hall–Kier alpha value is -1.29. The fraction of sp³-hybridized carbons (Fsp3) is 0.706. The predicted octanol–water partition coefficient (Wildman–Crippen LogP) is 3.10. The molecule has 1 amide bonds. The van der Waals surface area contributed by atoms with Gasteiger partial charge in [-0.15, -0.1) is 0 Å². The van der Waals surface area contributed by atoms with Gasteiger partial charge < -0.3 is 15.2 Å². The van der Waals surface area contributed by atoms with Crippen molar-refractivity contribution in [2.75, 3.05) is 13.1 Å². The molecule has 4 heteroatoms. The number of carbonyl (C=O) groups is 1. The molecule has 1 rings (SSSR count). The van der Waals surface area contributed by atoms with Crippen LogP contribution in [0.3, 0.4) is 0 Å². The largest absolute Gasteiger partial charge is 0.355 e. The number of rotatable bonds is 10. The lowest BCUT2D eigenvalue weighted by Gasteiger charge is -2.15. The van der Waals surface area contributed by atoms with Crippen molar-refractivity contribution < 1.29 is 4.79 Å². The first-order valence-corrected chi connectivity index (χ1v) is 8.22. The molecule has 2 N–H and O–H groups in total. The van der Waals surface area contributed by atoms with Gasteiger partial charge in [-0.3, -0.25) is 4.79 Å². The molecule has 1 heterocycles. The summed E-state index contributed by atoms with van der Waals surface area (Å²) in [6.07, 6.45) is 7.30. The third-order valence-electron chi connectivity index (χ3n) is 3.59. The molecule has 4 nitrogen and oxygen atoms in total. The van der Waals surface area contributed by atoms with Crippen molar-refractivity contribution in [3.8, 4) is 0 Å². The van der Waals surface area contributed by atoms with Crippen LogP contribution in [0.4, 0.5) is 0 Å². The molecule has 0 aliphatic rings. The molecule has 0 aliphatic heterocycles. The Morgan fingerprint density at radius 2 is 2.05 bits per heavy atom. The summed E-state index contributed by atoms with van der Waals surface area (Å²) in [6.45, 7) is 10.9. The summed E-state index contributed by atoms with van der Waals surface area (Å²) in [5, 5.41) is 6.51. The third kappa shape index (κ3) is 6.80. The van der Waals surface area contributed by atoms with Gasteiger partial charge in [0.25, 0.3) is 0 Å². The lowest BCUT2D eigenvalue weighted by atomic mass is 10.1. The Labute approximate surface area is 129 Å². The number of nitrogens with zero attached hydrogens (tertiary/aromatic N) is 1. The second-order valence-electron chi connectivity index (χ2n) is 6.06. The smallest absolute Gasteiger partial charge is 0.239 e. The fourth-order valence-electron chi connectivity index (χ4n) is 2.30. The summed E-state index contributed by atoms with van der Waals surface area (Å²) in [5.74, 6) is 0.714. The Balaban J connectivity index is 2.44. The highest BCUT2D eigenvalue weighted by Gasteiger charge is 2.10. The molecule has 1 aromatic rings. The van der Waals surface area contributed by atoms with Crippen molar-refractivity contribution in [2.24, 2.45) is 5.92 Å². The maximum absolute atomic E-state index is 11.9. The van der Waals surface area contributed by atoms with E-state index in [1.54, 1.807) is 0 Å². The Morgan fingerprint density at radius 3 is 2.67 bits per heavy atom. The lowest BCUT2D eigenvalue weighted by molar-refractivity contribution is -0.121. The zero-order chi connectivity index (χ0) is 15.7. The molecule has 0 aromatic carbocycles. The van der Waals surface area contributed by atoms with E-state index in [0.29, 0.717) is 18.5 Å². The monoisotopic (exact) mass is 293 g/mol. The second-order valence-corrected chi connectivity index (χ2v) is 6.06. The van der Waals surface area contributed by atoms with Gasteiger partial charge in [-0.1, -0.05) is 27.7 Å². The van der Waals surface area contributed by atoms with Crippen LogP contribution in [0.1, 0.15) is 58.6 Å². The maximum Gasteiger partial charge on any atom is 0.239 e. The van der Waals surface area contributed by atoms with E-state index in [4.69, 9.17) is 0 Å². The molecule has 0 bridgehead atoms. The number of nitrogens with one attached hydrogen (secondary N) is 2. The molecule has 0 spiro atoms. The molecule has 1 atom stereocenters. The van der Waals surface area contributed by atoms with Crippen molar-refractivity contribution >= 4 is 5.91 Å². The van der Waals surface area contributed by atoms with Gasteiger partial charge in [-0.2, -0.15) is 0 Å². The van der Waals surface area contributed by atoms with Crippen LogP contribution in [0.2, 0.25) is 0 Å². The molecule has 1 aromatic heterocycles. The molecule has 0 saturated carbocycles. The standard InChI is InChI=1S/C17H31N3O/c1-5-9-18-16(6-2)15-8-11-20(12-15)13-17(21)19-10-7-14(3)4/h8,11-12,14,16,18H,5-7,9-10,13H2,1-4H3,(H,19,21). The SMILES string of the molecule is CCCNC(CC)c1ccn(CC(=O)NCCC(C)C)c1. The van der Waals surface area contributed by atoms with Crippen molar-refractivity contribution in [2.45, 2.75) is 59.5 Å². The summed E-state index contributed by atoms with van der Waals surface area (Å²) < 4.78 is 1.97. The summed E-state index contributed by atoms with van der Waals surface area (Å²) in [5.41, 5.74) is 1.26. The van der Waals surface area contributed by atoms with Crippen molar-refractivity contribution in [3.05, 3.63) is 24.0 Å². The highest BCUT2D eigenvalue weighted by Crippen LogP contribution is 2.16. The molecular formula is C17H31N3O. The van der Waals surface area contributed by atoms with E-state index in [-0.39, 0.29) is 5.91 Å². The van der Waals surface area contributed by atoms with E-state index in [0.717, 1.165) is 32.4 Å². The normalized spacial score (nSPS) is 12.6. The Bertz CT molecular complexity index is 412. The molecule has 120 valence electrons. The maximum atomic E-state index is 11.9. The van der Waals surface area contributed by atoms with Crippen LogP contribution < -0.4 is 10.6 Å². The van der Waals surface area contributed by atoms with Gasteiger partial charge in [0, 0.05) is 25.0 Å². The first kappa shape index (κ1) is 17.8. The first-order valence-electron chi connectivity index (χ1n) is 8.22. The highest BCUT2D eigenvalue weighted by molar-refractivity contribution is 5.75. The summed E-state index contributed by atoms with van der Waals surface area (Å²) in [7, 11) is 0. The van der Waals surface area contributed by atoms with Crippen molar-refractivity contribution in [3.63, 3.8) is 0 Å². The number of amides is 1.